The molecule has 4 nitrogen and oxygen atoms in total. The highest BCUT2D eigenvalue weighted by Crippen LogP contribution is 2.27. The summed E-state index contributed by atoms with van der Waals surface area (Å²) in [6, 6.07) is 0.554. The predicted octanol–water partition coefficient (Wildman–Crippen LogP) is 2.92. The van der Waals surface area contributed by atoms with Gasteiger partial charge in [0.05, 0.1) is 0 Å². The van der Waals surface area contributed by atoms with Crippen LogP contribution in [0.4, 0.5) is 0 Å². The molecule has 0 saturated carbocycles. The second-order valence-electron chi connectivity index (χ2n) is 6.77. The Hall–Kier alpha value is -1.00. The first kappa shape index (κ1) is 16.4. The lowest BCUT2D eigenvalue weighted by Gasteiger charge is -2.26. The van der Waals surface area contributed by atoms with Crippen molar-refractivity contribution in [1.29, 1.82) is 0 Å². The van der Waals surface area contributed by atoms with Crippen molar-refractivity contribution in [3.63, 3.8) is 0 Å². The van der Waals surface area contributed by atoms with Gasteiger partial charge in [-0.05, 0) is 43.2 Å². The van der Waals surface area contributed by atoms with Crippen LogP contribution in [0.5, 0.6) is 0 Å². The first-order valence-electron chi connectivity index (χ1n) is 8.12. The Balaban J connectivity index is 2.06. The zero-order valence-electron chi connectivity index (χ0n) is 14.0. The number of methoxy groups -OCH3 is 1. The van der Waals surface area contributed by atoms with E-state index < -0.39 is 0 Å². The maximum atomic E-state index is 5.54. The molecule has 0 bridgehead atoms. The third kappa shape index (κ3) is 4.24. The number of hydrogen-bond donors (Lipinski definition) is 1. The monoisotopic (exact) mass is 291 g/mol. The Morgan fingerprint density at radius 1 is 1.33 bits per heavy atom. The highest BCUT2D eigenvalue weighted by molar-refractivity contribution is 5.22. The minimum atomic E-state index is -0.00405. The number of nitrogens with one attached hydrogen (secondary N) is 1. The summed E-state index contributed by atoms with van der Waals surface area (Å²) < 4.78 is 5.54. The van der Waals surface area contributed by atoms with E-state index in [1.165, 1.54) is 17.7 Å². The lowest BCUT2D eigenvalue weighted by Crippen LogP contribution is -2.32. The molecule has 0 aromatic carbocycles. The van der Waals surface area contributed by atoms with Gasteiger partial charge in [-0.1, -0.05) is 27.7 Å². The molecule has 0 radical (unpaired) electrons. The van der Waals surface area contributed by atoms with Crippen LogP contribution in [0.2, 0.25) is 0 Å². The van der Waals surface area contributed by atoms with E-state index in [9.17, 15) is 0 Å². The minimum absolute atomic E-state index is 0.00405. The van der Waals surface area contributed by atoms with Crippen molar-refractivity contribution in [2.24, 2.45) is 11.8 Å². The molecule has 1 aromatic rings. The highest BCUT2D eigenvalue weighted by Gasteiger charge is 2.23. The highest BCUT2D eigenvalue weighted by atomic mass is 16.5. The molecule has 4 heteroatoms. The average Bonchev–Trinajstić information content (AvgIpc) is 2.45. The van der Waals surface area contributed by atoms with Crippen LogP contribution in [-0.4, -0.2) is 29.7 Å². The van der Waals surface area contributed by atoms with E-state index >= 15 is 0 Å². The number of aryl methyl sites for hydroxylation is 1. The van der Waals surface area contributed by atoms with Crippen molar-refractivity contribution < 1.29 is 4.74 Å². The first-order chi connectivity index (χ1) is 10.0. The van der Waals surface area contributed by atoms with Crippen LogP contribution in [0.1, 0.15) is 57.3 Å². The number of ether oxygens (including phenoxy) is 1. The molecule has 1 aromatic heterocycles. The van der Waals surface area contributed by atoms with Crippen LogP contribution in [0.15, 0.2) is 6.20 Å². The average molecular weight is 291 g/mol. The maximum absolute atomic E-state index is 5.54. The van der Waals surface area contributed by atoms with Gasteiger partial charge in [-0.15, -0.1) is 0 Å². The Kier molecular flexibility index (Phi) is 5.71. The van der Waals surface area contributed by atoms with Gasteiger partial charge in [-0.25, -0.2) is 9.97 Å². The topological polar surface area (TPSA) is 47.0 Å². The fourth-order valence-corrected chi connectivity index (χ4v) is 2.99. The van der Waals surface area contributed by atoms with Crippen LogP contribution in [0, 0.1) is 11.8 Å². The molecule has 1 aliphatic rings. The molecule has 1 aliphatic carbocycles. The fraction of sp³-hybridized carbons (Fsp3) is 0.765. The Labute approximate surface area is 128 Å². The summed E-state index contributed by atoms with van der Waals surface area (Å²) in [5, 5.41) is 3.54. The Morgan fingerprint density at radius 3 is 2.71 bits per heavy atom. The van der Waals surface area contributed by atoms with Gasteiger partial charge in [0.25, 0.3) is 0 Å². The smallest absolute Gasteiger partial charge is 0.157 e. The molecular weight excluding hydrogens is 262 g/mol. The van der Waals surface area contributed by atoms with E-state index in [2.05, 4.69) is 38.0 Å². The van der Waals surface area contributed by atoms with Crippen molar-refractivity contribution in [2.45, 2.75) is 59.1 Å². The summed E-state index contributed by atoms with van der Waals surface area (Å²) in [5.74, 6) is 1.93. The van der Waals surface area contributed by atoms with Crippen molar-refractivity contribution in [2.75, 3.05) is 13.7 Å². The number of nitrogens with zero attached hydrogens (tertiary/aromatic N) is 2. The normalized spacial score (nSPS) is 19.9. The van der Waals surface area contributed by atoms with Crippen molar-refractivity contribution in [1.82, 2.24) is 15.3 Å². The van der Waals surface area contributed by atoms with Crippen LogP contribution < -0.4 is 5.32 Å². The van der Waals surface area contributed by atoms with E-state index in [4.69, 9.17) is 9.72 Å². The van der Waals surface area contributed by atoms with E-state index in [0.29, 0.717) is 17.9 Å². The van der Waals surface area contributed by atoms with E-state index in [1.54, 1.807) is 7.11 Å². The molecule has 0 aliphatic heterocycles. The van der Waals surface area contributed by atoms with E-state index in [-0.39, 0.29) is 6.10 Å². The Morgan fingerprint density at radius 2 is 2.10 bits per heavy atom. The first-order valence-corrected chi connectivity index (χ1v) is 8.12. The number of fused-ring (bicyclic) bond motifs is 1. The molecule has 2 rings (SSSR count). The zero-order valence-corrected chi connectivity index (χ0v) is 14.0. The van der Waals surface area contributed by atoms with Gasteiger partial charge in [0.15, 0.2) is 5.82 Å². The summed E-state index contributed by atoms with van der Waals surface area (Å²) in [6.07, 6.45) is 5.38. The summed E-state index contributed by atoms with van der Waals surface area (Å²) in [7, 11) is 1.74. The molecule has 2 atom stereocenters. The fourth-order valence-electron chi connectivity index (χ4n) is 2.99. The van der Waals surface area contributed by atoms with Crippen LogP contribution in [-0.2, 0) is 17.6 Å². The second kappa shape index (κ2) is 7.32. The third-order valence-electron chi connectivity index (χ3n) is 4.20. The van der Waals surface area contributed by atoms with Crippen LogP contribution in [0.3, 0.4) is 0 Å². The van der Waals surface area contributed by atoms with Gasteiger partial charge in [-0.3, -0.25) is 0 Å². The zero-order chi connectivity index (χ0) is 15.4. The molecule has 2 unspecified atom stereocenters. The molecular formula is C17H29N3O. The molecule has 118 valence electrons. The third-order valence-corrected chi connectivity index (χ3v) is 4.20. The Bertz CT molecular complexity index is 459. The van der Waals surface area contributed by atoms with E-state index in [1.807, 2.05) is 6.20 Å². The summed E-state index contributed by atoms with van der Waals surface area (Å²) >= 11 is 0. The van der Waals surface area contributed by atoms with Crippen LogP contribution in [0.25, 0.3) is 0 Å². The number of aromatic nitrogens is 2. The summed E-state index contributed by atoms with van der Waals surface area (Å²) in [6.45, 7) is 9.77. The standard InChI is InChI=1S/C17H29N3O/c1-11(2)16(21-5)17-19-10-14-8-13(9-18-12(3)4)6-7-15(14)20-17/h10-13,16,18H,6-9H2,1-5H3. The van der Waals surface area contributed by atoms with E-state index in [0.717, 1.165) is 25.2 Å². The van der Waals surface area contributed by atoms with Gasteiger partial charge < -0.3 is 10.1 Å². The van der Waals surface area contributed by atoms with Gasteiger partial charge >= 0.3 is 0 Å². The molecule has 21 heavy (non-hydrogen) atoms. The molecule has 0 saturated heterocycles. The minimum Gasteiger partial charge on any atom is -0.373 e. The van der Waals surface area contributed by atoms with Gasteiger partial charge in [0.1, 0.15) is 6.10 Å². The van der Waals surface area contributed by atoms with Crippen molar-refractivity contribution in [3.8, 4) is 0 Å². The number of hydrogen-bond acceptors (Lipinski definition) is 4. The lowest BCUT2D eigenvalue weighted by molar-refractivity contribution is 0.0571. The van der Waals surface area contributed by atoms with Crippen LogP contribution >= 0.6 is 0 Å². The quantitative estimate of drug-likeness (QED) is 0.875. The van der Waals surface area contributed by atoms with Crippen molar-refractivity contribution >= 4 is 0 Å². The molecule has 0 spiro atoms. The molecule has 0 amide bonds. The van der Waals surface area contributed by atoms with Gasteiger partial charge in [0.2, 0.25) is 0 Å². The lowest BCUT2D eigenvalue weighted by atomic mass is 9.87. The second-order valence-corrected chi connectivity index (χ2v) is 6.77. The molecule has 0 fully saturated rings. The number of rotatable bonds is 6. The van der Waals surface area contributed by atoms with Crippen molar-refractivity contribution in [3.05, 3.63) is 23.3 Å². The maximum Gasteiger partial charge on any atom is 0.157 e. The SMILES string of the molecule is COC(c1ncc2c(n1)CCC(CNC(C)C)C2)C(C)C. The predicted molar refractivity (Wildman–Crippen MR) is 85.3 cm³/mol. The van der Waals surface area contributed by atoms with Gasteiger partial charge in [0, 0.05) is 25.0 Å². The summed E-state index contributed by atoms with van der Waals surface area (Å²) in [4.78, 5) is 9.34. The largest absolute Gasteiger partial charge is 0.373 e. The molecule has 1 N–H and O–H groups in total. The summed E-state index contributed by atoms with van der Waals surface area (Å²) in [5.41, 5.74) is 2.54. The molecule has 1 heterocycles. The van der Waals surface area contributed by atoms with Gasteiger partial charge in [-0.2, -0.15) is 0 Å².